The second-order valence-electron chi connectivity index (χ2n) is 5.88. The van der Waals surface area contributed by atoms with Gasteiger partial charge in [0.15, 0.2) is 0 Å². The number of halogens is 3. The first-order valence-electron chi connectivity index (χ1n) is 8.60. The minimum absolute atomic E-state index is 0. The van der Waals surface area contributed by atoms with Crippen molar-refractivity contribution in [2.75, 3.05) is 17.6 Å². The van der Waals surface area contributed by atoms with Crippen LogP contribution in [0.15, 0.2) is 58.3 Å². The summed E-state index contributed by atoms with van der Waals surface area (Å²) >= 11 is 5.34. The van der Waals surface area contributed by atoms with Crippen molar-refractivity contribution in [2.45, 2.75) is 18.6 Å². The van der Waals surface area contributed by atoms with Crippen LogP contribution in [0.1, 0.15) is 23.2 Å². The first-order valence-corrected chi connectivity index (χ1v) is 10.6. The zero-order chi connectivity index (χ0) is 18.9. The Hall–Kier alpha value is -1.61. The highest BCUT2D eigenvalue weighted by molar-refractivity contribution is 9.10. The highest BCUT2D eigenvalue weighted by Gasteiger charge is 2.04. The second kappa shape index (κ2) is 13.6. The molecule has 156 valence electrons. The van der Waals surface area contributed by atoms with E-state index >= 15 is 0 Å². The largest absolute Gasteiger partial charge is 0.356 e. The fourth-order valence-electron chi connectivity index (χ4n) is 2.43. The van der Waals surface area contributed by atoms with Crippen molar-refractivity contribution in [2.24, 2.45) is 0 Å². The molecule has 0 atom stereocenters. The van der Waals surface area contributed by atoms with Gasteiger partial charge in [-0.3, -0.25) is 19.7 Å². The van der Waals surface area contributed by atoms with Gasteiger partial charge >= 0.3 is 0 Å². The van der Waals surface area contributed by atoms with E-state index in [-0.39, 0.29) is 30.4 Å². The first-order chi connectivity index (χ1) is 13.2. The van der Waals surface area contributed by atoms with Crippen LogP contribution in [0, 0.1) is 0 Å². The van der Waals surface area contributed by atoms with E-state index in [2.05, 4.69) is 41.2 Å². The minimum atomic E-state index is -0.112. The number of H-pyrrole nitrogens is 1. The summed E-state index contributed by atoms with van der Waals surface area (Å²) in [5, 5.41) is 3.17. The number of anilines is 1. The van der Waals surface area contributed by atoms with Crippen molar-refractivity contribution in [3.05, 3.63) is 80.7 Å². The first kappa shape index (κ1) is 25.4. The van der Waals surface area contributed by atoms with Crippen LogP contribution in [0.5, 0.6) is 0 Å². The molecule has 0 bridgehead atoms. The van der Waals surface area contributed by atoms with Crippen LogP contribution in [0.25, 0.3) is 0 Å². The van der Waals surface area contributed by atoms with Crippen LogP contribution < -0.4 is 10.9 Å². The van der Waals surface area contributed by atoms with Crippen molar-refractivity contribution < 1.29 is 0 Å². The van der Waals surface area contributed by atoms with Crippen molar-refractivity contribution >= 4 is 58.5 Å². The molecule has 0 saturated carbocycles. The van der Waals surface area contributed by atoms with E-state index in [0.717, 1.165) is 40.2 Å². The van der Waals surface area contributed by atoms with E-state index in [1.54, 1.807) is 18.6 Å². The summed E-state index contributed by atoms with van der Waals surface area (Å²) in [4.78, 5) is 27.6. The molecule has 3 rings (SSSR count). The van der Waals surface area contributed by atoms with Crippen LogP contribution in [0.2, 0.25) is 0 Å². The molecule has 0 radical (unpaired) electrons. The van der Waals surface area contributed by atoms with Gasteiger partial charge in [-0.1, -0.05) is 0 Å². The molecular formula is C19H22BrCl2N5OS. The zero-order valence-corrected chi connectivity index (χ0v) is 19.5. The molecule has 0 aromatic carbocycles. The van der Waals surface area contributed by atoms with Crippen molar-refractivity contribution in [1.29, 1.82) is 0 Å². The molecule has 0 unspecified atom stereocenters. The molecule has 3 aromatic heterocycles. The Labute approximate surface area is 194 Å². The van der Waals surface area contributed by atoms with Gasteiger partial charge in [0.2, 0.25) is 5.95 Å². The summed E-state index contributed by atoms with van der Waals surface area (Å²) in [7, 11) is 0. The number of hydrogen-bond donors (Lipinski definition) is 2. The fraction of sp³-hybridized carbons (Fsp3) is 0.263. The highest BCUT2D eigenvalue weighted by atomic mass is 79.9. The van der Waals surface area contributed by atoms with Gasteiger partial charge in [0.1, 0.15) is 0 Å². The predicted molar refractivity (Wildman–Crippen MR) is 128 cm³/mol. The summed E-state index contributed by atoms with van der Waals surface area (Å²) in [6.07, 6.45) is 8.40. The van der Waals surface area contributed by atoms with E-state index < -0.39 is 0 Å². The summed E-state index contributed by atoms with van der Waals surface area (Å²) in [6.45, 7) is 0.753. The molecule has 2 N–H and O–H groups in total. The van der Waals surface area contributed by atoms with Gasteiger partial charge in [-0.05, 0) is 57.9 Å². The average molecular weight is 519 g/mol. The van der Waals surface area contributed by atoms with Gasteiger partial charge in [0.25, 0.3) is 5.56 Å². The van der Waals surface area contributed by atoms with E-state index in [1.807, 2.05) is 42.2 Å². The lowest BCUT2D eigenvalue weighted by molar-refractivity contribution is 0.942. The van der Waals surface area contributed by atoms with E-state index in [1.165, 1.54) is 0 Å². The zero-order valence-electron chi connectivity index (χ0n) is 15.5. The minimum Gasteiger partial charge on any atom is -0.356 e. The molecule has 0 aliphatic heterocycles. The normalized spacial score (nSPS) is 9.97. The highest BCUT2D eigenvalue weighted by Crippen LogP contribution is 2.19. The maximum Gasteiger partial charge on any atom is 0.255 e. The molecule has 10 heteroatoms. The van der Waals surface area contributed by atoms with Crippen LogP contribution >= 0.6 is 52.5 Å². The number of thioether (sulfide) groups is 1. The molecular weight excluding hydrogens is 497 g/mol. The molecule has 0 aliphatic carbocycles. The molecule has 0 spiro atoms. The predicted octanol–water partition coefficient (Wildman–Crippen LogP) is 4.49. The standard InChI is InChI=1S/C19H20BrN5OS.2ClH/c20-16-3-1-6-22-17(16)13-27-10-2-7-23-19-24-12-15(18(26)25-19)11-14-4-8-21-9-5-14;;/h1,3-6,8-9,12H,2,7,10-11,13H2,(H2,23,24,25,26);2*1H. The SMILES string of the molecule is Cl.Cl.O=c1[nH]c(NCCCSCc2ncccc2Br)ncc1Cc1ccncc1. The van der Waals surface area contributed by atoms with Crippen LogP contribution in [-0.4, -0.2) is 32.2 Å². The van der Waals surface area contributed by atoms with E-state index in [0.29, 0.717) is 17.9 Å². The number of hydrogen-bond acceptors (Lipinski definition) is 6. The quantitative estimate of drug-likeness (QED) is 0.406. The fourth-order valence-corrected chi connectivity index (χ4v) is 3.93. The monoisotopic (exact) mass is 517 g/mol. The number of nitrogens with one attached hydrogen (secondary N) is 2. The Balaban J connectivity index is 0.00000210. The Morgan fingerprint density at radius 2 is 1.90 bits per heavy atom. The lowest BCUT2D eigenvalue weighted by atomic mass is 10.1. The van der Waals surface area contributed by atoms with Gasteiger partial charge in [0, 0.05) is 53.5 Å². The number of nitrogens with zero attached hydrogens (tertiary/aromatic N) is 3. The molecule has 6 nitrogen and oxygen atoms in total. The number of pyridine rings is 2. The van der Waals surface area contributed by atoms with Crippen LogP contribution in [0.4, 0.5) is 5.95 Å². The number of aromatic nitrogens is 4. The maximum atomic E-state index is 12.2. The van der Waals surface area contributed by atoms with Gasteiger partial charge in [0.05, 0.1) is 5.69 Å². The van der Waals surface area contributed by atoms with E-state index in [9.17, 15) is 4.79 Å². The molecule has 3 aromatic rings. The topological polar surface area (TPSA) is 83.6 Å². The average Bonchev–Trinajstić information content (AvgIpc) is 2.69. The van der Waals surface area contributed by atoms with Crippen LogP contribution in [0.3, 0.4) is 0 Å². The molecule has 0 amide bonds. The Morgan fingerprint density at radius 1 is 1.10 bits per heavy atom. The third-order valence-electron chi connectivity index (χ3n) is 3.85. The summed E-state index contributed by atoms with van der Waals surface area (Å²) in [6, 6.07) is 7.71. The third-order valence-corrected chi connectivity index (χ3v) is 5.63. The van der Waals surface area contributed by atoms with Gasteiger partial charge in [-0.25, -0.2) is 4.98 Å². The Bertz CT molecular complexity index is 930. The Kier molecular flexibility index (Phi) is 11.9. The Morgan fingerprint density at radius 3 is 2.62 bits per heavy atom. The van der Waals surface area contributed by atoms with Gasteiger partial charge in [-0.2, -0.15) is 11.8 Å². The van der Waals surface area contributed by atoms with Crippen LogP contribution in [-0.2, 0) is 12.2 Å². The smallest absolute Gasteiger partial charge is 0.255 e. The lowest BCUT2D eigenvalue weighted by Crippen LogP contribution is -2.17. The van der Waals surface area contributed by atoms with E-state index in [4.69, 9.17) is 0 Å². The maximum absolute atomic E-state index is 12.2. The number of rotatable bonds is 9. The van der Waals surface area contributed by atoms with Crippen molar-refractivity contribution in [3.8, 4) is 0 Å². The lowest BCUT2D eigenvalue weighted by Gasteiger charge is -2.07. The molecule has 29 heavy (non-hydrogen) atoms. The number of aromatic amines is 1. The molecule has 0 aliphatic rings. The summed E-state index contributed by atoms with van der Waals surface area (Å²) < 4.78 is 1.05. The van der Waals surface area contributed by atoms with Crippen molar-refractivity contribution in [3.63, 3.8) is 0 Å². The molecule has 0 saturated heterocycles. The van der Waals surface area contributed by atoms with Crippen molar-refractivity contribution in [1.82, 2.24) is 19.9 Å². The van der Waals surface area contributed by atoms with Gasteiger partial charge < -0.3 is 5.32 Å². The summed E-state index contributed by atoms with van der Waals surface area (Å²) in [5.74, 6) is 2.39. The molecule has 0 fully saturated rings. The molecule has 3 heterocycles. The second-order valence-corrected chi connectivity index (χ2v) is 7.84. The summed E-state index contributed by atoms with van der Waals surface area (Å²) in [5.41, 5.74) is 2.63. The third kappa shape index (κ3) is 8.34. The van der Waals surface area contributed by atoms with Gasteiger partial charge in [-0.15, -0.1) is 24.8 Å².